The molecule has 7 heteroatoms. The molecule has 0 saturated heterocycles. The SMILES string of the molecule is O=C1NS(=O)(=O)Nc2ccc(F)cc21. The van der Waals surface area contributed by atoms with Crippen LogP contribution in [0.3, 0.4) is 0 Å². The molecule has 2 rings (SSSR count). The van der Waals surface area contributed by atoms with Crippen molar-refractivity contribution in [2.75, 3.05) is 4.72 Å². The highest BCUT2D eigenvalue weighted by Crippen LogP contribution is 2.21. The average molecular weight is 216 g/mol. The van der Waals surface area contributed by atoms with E-state index < -0.39 is 21.9 Å². The van der Waals surface area contributed by atoms with Crippen molar-refractivity contribution in [3.05, 3.63) is 29.6 Å². The largest absolute Gasteiger partial charge is 0.323 e. The van der Waals surface area contributed by atoms with Gasteiger partial charge in [0, 0.05) is 0 Å². The Bertz CT molecular complexity index is 512. The van der Waals surface area contributed by atoms with E-state index in [0.717, 1.165) is 12.1 Å². The van der Waals surface area contributed by atoms with Crippen LogP contribution in [0.5, 0.6) is 0 Å². The maximum absolute atomic E-state index is 12.7. The highest BCUT2D eigenvalue weighted by Gasteiger charge is 2.25. The molecular formula is C7H5FN2O3S. The molecule has 1 amide bonds. The van der Waals surface area contributed by atoms with Gasteiger partial charge in [0.2, 0.25) is 0 Å². The Morgan fingerprint density at radius 3 is 2.64 bits per heavy atom. The topological polar surface area (TPSA) is 75.3 Å². The van der Waals surface area contributed by atoms with Crippen molar-refractivity contribution in [2.45, 2.75) is 0 Å². The Kier molecular flexibility index (Phi) is 1.71. The standard InChI is InChI=1S/C7H5FN2O3S/c8-4-1-2-6-5(3-4)7(11)10-14(12,13)9-6/h1-3,9H,(H,10,11). The maximum atomic E-state index is 12.7. The molecule has 0 atom stereocenters. The lowest BCUT2D eigenvalue weighted by molar-refractivity contribution is 0.0980. The van der Waals surface area contributed by atoms with Crippen LogP contribution in [0.4, 0.5) is 10.1 Å². The van der Waals surface area contributed by atoms with E-state index in [1.165, 1.54) is 6.07 Å². The monoisotopic (exact) mass is 216 g/mol. The molecule has 0 fully saturated rings. The molecule has 0 radical (unpaired) electrons. The number of hydrogen-bond acceptors (Lipinski definition) is 3. The van der Waals surface area contributed by atoms with Crippen LogP contribution in [0.1, 0.15) is 10.4 Å². The number of anilines is 1. The Morgan fingerprint density at radius 1 is 1.21 bits per heavy atom. The molecule has 1 aliphatic heterocycles. The third-order valence-corrected chi connectivity index (χ3v) is 2.64. The van der Waals surface area contributed by atoms with Crippen LogP contribution in [0.25, 0.3) is 0 Å². The van der Waals surface area contributed by atoms with Crippen LogP contribution >= 0.6 is 0 Å². The van der Waals surface area contributed by atoms with E-state index in [2.05, 4.69) is 4.72 Å². The van der Waals surface area contributed by atoms with E-state index in [1.807, 2.05) is 0 Å². The fraction of sp³-hybridized carbons (Fsp3) is 0. The van der Waals surface area contributed by atoms with Gasteiger partial charge in [-0.15, -0.1) is 0 Å². The molecule has 5 nitrogen and oxygen atoms in total. The van der Waals surface area contributed by atoms with Crippen LogP contribution in [-0.4, -0.2) is 14.3 Å². The van der Waals surface area contributed by atoms with E-state index in [4.69, 9.17) is 0 Å². The lowest BCUT2D eigenvalue weighted by Gasteiger charge is -2.17. The Balaban J connectivity index is 2.62. The average Bonchev–Trinajstić information content (AvgIpc) is 2.05. The molecule has 0 bridgehead atoms. The predicted molar refractivity (Wildman–Crippen MR) is 46.4 cm³/mol. The Labute approximate surface area is 79.1 Å². The number of rotatable bonds is 0. The van der Waals surface area contributed by atoms with Crippen molar-refractivity contribution < 1.29 is 17.6 Å². The second-order valence-corrected chi connectivity index (χ2v) is 4.14. The van der Waals surface area contributed by atoms with Crippen molar-refractivity contribution in [3.8, 4) is 0 Å². The summed E-state index contributed by atoms with van der Waals surface area (Å²) in [6.07, 6.45) is 0. The van der Waals surface area contributed by atoms with Gasteiger partial charge in [0.25, 0.3) is 5.91 Å². The summed E-state index contributed by atoms with van der Waals surface area (Å²) in [6, 6.07) is 3.23. The minimum Gasteiger partial charge on any atom is -0.268 e. The van der Waals surface area contributed by atoms with Crippen LogP contribution in [0.15, 0.2) is 18.2 Å². The van der Waals surface area contributed by atoms with Crippen LogP contribution in [0.2, 0.25) is 0 Å². The first-order valence-electron chi connectivity index (χ1n) is 3.62. The van der Waals surface area contributed by atoms with Gasteiger partial charge in [0.1, 0.15) is 5.82 Å². The number of benzene rings is 1. The van der Waals surface area contributed by atoms with E-state index in [-0.39, 0.29) is 11.3 Å². The lowest BCUT2D eigenvalue weighted by Crippen LogP contribution is -2.40. The molecule has 0 unspecified atom stereocenters. The second kappa shape index (κ2) is 2.68. The normalized spacial score (nSPS) is 17.9. The second-order valence-electron chi connectivity index (χ2n) is 2.73. The highest BCUT2D eigenvalue weighted by atomic mass is 32.2. The van der Waals surface area contributed by atoms with Gasteiger partial charge in [-0.2, -0.15) is 8.42 Å². The fourth-order valence-corrected chi connectivity index (χ4v) is 2.01. The summed E-state index contributed by atoms with van der Waals surface area (Å²) in [5, 5.41) is 0. The summed E-state index contributed by atoms with van der Waals surface area (Å²) in [5.74, 6) is -1.43. The molecule has 74 valence electrons. The van der Waals surface area contributed by atoms with Gasteiger partial charge in [0.15, 0.2) is 0 Å². The molecular weight excluding hydrogens is 211 g/mol. The first-order chi connectivity index (χ1) is 6.48. The number of hydrogen-bond donors (Lipinski definition) is 2. The van der Waals surface area contributed by atoms with Crippen LogP contribution < -0.4 is 9.44 Å². The zero-order valence-corrected chi connectivity index (χ0v) is 7.56. The van der Waals surface area contributed by atoms with Crippen molar-refractivity contribution >= 4 is 21.8 Å². The Hall–Kier alpha value is -1.63. The predicted octanol–water partition coefficient (Wildman–Crippen LogP) is 0.226. The minimum atomic E-state index is -3.83. The van der Waals surface area contributed by atoms with Gasteiger partial charge < -0.3 is 0 Å². The Morgan fingerprint density at radius 2 is 1.93 bits per heavy atom. The lowest BCUT2D eigenvalue weighted by atomic mass is 10.1. The molecule has 0 spiro atoms. The van der Waals surface area contributed by atoms with Crippen molar-refractivity contribution in [1.29, 1.82) is 0 Å². The number of halogens is 1. The molecule has 1 aromatic carbocycles. The summed E-state index contributed by atoms with van der Waals surface area (Å²) >= 11 is 0. The van der Waals surface area contributed by atoms with Gasteiger partial charge in [-0.05, 0) is 18.2 Å². The minimum absolute atomic E-state index is 0.0279. The number of carbonyl (C=O) groups excluding carboxylic acids is 1. The summed E-state index contributed by atoms with van der Waals surface area (Å²) in [4.78, 5) is 11.2. The number of carbonyl (C=O) groups is 1. The van der Waals surface area contributed by atoms with E-state index >= 15 is 0 Å². The molecule has 1 heterocycles. The summed E-state index contributed by atoms with van der Waals surface area (Å²) in [6.45, 7) is 0. The maximum Gasteiger partial charge on any atom is 0.323 e. The fourth-order valence-electron chi connectivity index (χ4n) is 1.14. The van der Waals surface area contributed by atoms with Crippen LogP contribution in [-0.2, 0) is 10.2 Å². The molecule has 0 aliphatic carbocycles. The third-order valence-electron chi connectivity index (χ3n) is 1.70. The highest BCUT2D eigenvalue weighted by molar-refractivity contribution is 7.91. The summed E-state index contributed by atoms with van der Waals surface area (Å²) in [5.41, 5.74) is 0.0509. The van der Waals surface area contributed by atoms with E-state index in [1.54, 1.807) is 4.72 Å². The molecule has 0 aromatic heterocycles. The smallest absolute Gasteiger partial charge is 0.268 e. The number of nitrogens with one attached hydrogen (secondary N) is 2. The van der Waals surface area contributed by atoms with E-state index in [9.17, 15) is 17.6 Å². The quantitative estimate of drug-likeness (QED) is 0.651. The third kappa shape index (κ3) is 1.41. The van der Waals surface area contributed by atoms with E-state index in [0.29, 0.717) is 0 Å². The zero-order chi connectivity index (χ0) is 10.3. The molecule has 2 N–H and O–H groups in total. The summed E-state index contributed by atoms with van der Waals surface area (Å²) in [7, 11) is -3.83. The molecule has 14 heavy (non-hydrogen) atoms. The van der Waals surface area contributed by atoms with Gasteiger partial charge in [0.05, 0.1) is 11.3 Å². The van der Waals surface area contributed by atoms with Gasteiger partial charge in [-0.1, -0.05) is 0 Å². The van der Waals surface area contributed by atoms with Gasteiger partial charge >= 0.3 is 10.2 Å². The summed E-state index contributed by atoms with van der Waals surface area (Å²) < 4.78 is 38.4. The van der Waals surface area contributed by atoms with Crippen LogP contribution in [0, 0.1) is 5.82 Å². The van der Waals surface area contributed by atoms with Crippen molar-refractivity contribution in [2.24, 2.45) is 0 Å². The molecule has 1 aromatic rings. The van der Waals surface area contributed by atoms with Gasteiger partial charge in [-0.3, -0.25) is 9.52 Å². The molecule has 0 saturated carbocycles. The van der Waals surface area contributed by atoms with Gasteiger partial charge in [-0.25, -0.2) is 9.11 Å². The number of fused-ring (bicyclic) bond motifs is 1. The first-order valence-corrected chi connectivity index (χ1v) is 5.11. The zero-order valence-electron chi connectivity index (χ0n) is 6.74. The number of amides is 1. The van der Waals surface area contributed by atoms with Crippen molar-refractivity contribution in [1.82, 2.24) is 4.72 Å². The first kappa shape index (κ1) is 8.95. The molecule has 1 aliphatic rings. The van der Waals surface area contributed by atoms with Crippen molar-refractivity contribution in [3.63, 3.8) is 0 Å².